The lowest BCUT2D eigenvalue weighted by Gasteiger charge is -2.40. The minimum atomic E-state index is -3.30. The van der Waals surface area contributed by atoms with E-state index in [2.05, 4.69) is 15.4 Å². The molecule has 4 atom stereocenters. The van der Waals surface area contributed by atoms with Crippen LogP contribution in [0.15, 0.2) is 10.6 Å². The van der Waals surface area contributed by atoms with Crippen LogP contribution in [0.1, 0.15) is 80.0 Å². The maximum Gasteiger partial charge on any atom is 0.273 e. The van der Waals surface area contributed by atoms with E-state index in [-0.39, 0.29) is 35.8 Å². The van der Waals surface area contributed by atoms with Gasteiger partial charge in [-0.2, -0.15) is 4.31 Å². The van der Waals surface area contributed by atoms with Crippen LogP contribution in [0.5, 0.6) is 0 Å². The van der Waals surface area contributed by atoms with Crippen LogP contribution in [0.3, 0.4) is 0 Å². The van der Waals surface area contributed by atoms with Crippen LogP contribution in [0.2, 0.25) is 0 Å². The number of nitrogens with zero attached hydrogens (tertiary/aromatic N) is 3. The molecule has 4 fully saturated rings. The minimum absolute atomic E-state index is 0.00715. The van der Waals surface area contributed by atoms with Gasteiger partial charge in [0.2, 0.25) is 10.0 Å². The third-order valence-electron chi connectivity index (χ3n) is 7.39. The average Bonchev–Trinajstić information content (AvgIpc) is 3.35. The van der Waals surface area contributed by atoms with Gasteiger partial charge in [0.15, 0.2) is 5.69 Å². The molecule has 166 valence electrons. The predicted octanol–water partition coefficient (Wildman–Crippen LogP) is 2.09. The number of carbonyl (C=O) groups is 1. The largest absolute Gasteiger partial charge is 0.360 e. The first-order valence-electron chi connectivity index (χ1n) is 11.4. The number of hydrogen-bond acceptors (Lipinski definition) is 6. The summed E-state index contributed by atoms with van der Waals surface area (Å²) in [6.45, 7) is 0.978. The maximum atomic E-state index is 13.3. The normalized spacial score (nSPS) is 33.0. The van der Waals surface area contributed by atoms with Crippen molar-refractivity contribution in [3.8, 4) is 0 Å². The second-order valence-corrected chi connectivity index (χ2v) is 11.6. The van der Waals surface area contributed by atoms with E-state index in [4.69, 9.17) is 4.52 Å². The van der Waals surface area contributed by atoms with Crippen molar-refractivity contribution in [2.45, 2.75) is 87.9 Å². The zero-order valence-corrected chi connectivity index (χ0v) is 18.4. The van der Waals surface area contributed by atoms with Crippen LogP contribution in [0.25, 0.3) is 0 Å². The van der Waals surface area contributed by atoms with Crippen molar-refractivity contribution in [1.82, 2.24) is 19.7 Å². The molecule has 0 aromatic carbocycles. The molecule has 1 amide bonds. The van der Waals surface area contributed by atoms with Crippen molar-refractivity contribution in [2.75, 3.05) is 19.3 Å². The molecule has 1 saturated carbocycles. The molecule has 0 spiro atoms. The number of amides is 1. The zero-order valence-electron chi connectivity index (χ0n) is 17.6. The number of rotatable bonds is 6. The van der Waals surface area contributed by atoms with E-state index >= 15 is 0 Å². The minimum Gasteiger partial charge on any atom is -0.360 e. The third-order valence-corrected chi connectivity index (χ3v) is 9.43. The van der Waals surface area contributed by atoms with Crippen LogP contribution in [0.4, 0.5) is 0 Å². The molecule has 5 rings (SSSR count). The summed E-state index contributed by atoms with van der Waals surface area (Å²) in [5.41, 5.74) is 0.333. The fourth-order valence-corrected chi connectivity index (χ4v) is 7.98. The summed E-state index contributed by atoms with van der Waals surface area (Å²) < 4.78 is 33.6. The lowest BCUT2D eigenvalue weighted by atomic mass is 9.99. The molecular weight excluding hydrogens is 404 g/mol. The molecule has 4 heterocycles. The van der Waals surface area contributed by atoms with Crippen LogP contribution in [-0.2, 0) is 10.0 Å². The molecule has 1 unspecified atom stereocenters. The van der Waals surface area contributed by atoms with E-state index in [0.29, 0.717) is 24.5 Å². The molecule has 4 aliphatic rings. The average molecular weight is 437 g/mol. The van der Waals surface area contributed by atoms with Gasteiger partial charge in [0.25, 0.3) is 5.91 Å². The Balaban J connectivity index is 1.21. The summed E-state index contributed by atoms with van der Waals surface area (Å²) in [5.74, 6) is 1.23. The fraction of sp³-hybridized carbons (Fsp3) is 0.810. The Labute approximate surface area is 178 Å². The quantitative estimate of drug-likeness (QED) is 0.734. The topological polar surface area (TPSA) is 95.8 Å². The molecule has 8 nitrogen and oxygen atoms in total. The maximum absolute atomic E-state index is 13.3. The van der Waals surface area contributed by atoms with Crippen molar-refractivity contribution in [2.24, 2.45) is 0 Å². The fourth-order valence-electron chi connectivity index (χ4n) is 5.61. The first-order valence-corrected chi connectivity index (χ1v) is 13.0. The second kappa shape index (κ2) is 7.91. The van der Waals surface area contributed by atoms with Crippen LogP contribution >= 0.6 is 0 Å². The van der Waals surface area contributed by atoms with E-state index in [1.165, 1.54) is 0 Å². The number of aromatic nitrogens is 1. The second-order valence-electron chi connectivity index (χ2n) is 9.65. The van der Waals surface area contributed by atoms with E-state index < -0.39 is 10.0 Å². The van der Waals surface area contributed by atoms with Crippen LogP contribution < -0.4 is 5.32 Å². The van der Waals surface area contributed by atoms with Crippen molar-refractivity contribution in [3.05, 3.63) is 17.5 Å². The number of fused-ring (bicyclic) bond motifs is 2. The highest BCUT2D eigenvalue weighted by molar-refractivity contribution is 7.89. The number of sulfonamides is 1. The molecule has 9 heteroatoms. The first-order chi connectivity index (χ1) is 14.4. The molecule has 1 N–H and O–H groups in total. The van der Waals surface area contributed by atoms with E-state index in [1.807, 2.05) is 7.05 Å². The molecular formula is C21H32N4O4S. The number of nitrogens with one attached hydrogen (secondary N) is 1. The first kappa shape index (κ1) is 20.5. The van der Waals surface area contributed by atoms with Gasteiger partial charge in [-0.15, -0.1) is 0 Å². The van der Waals surface area contributed by atoms with Gasteiger partial charge in [0.05, 0.1) is 5.75 Å². The summed E-state index contributed by atoms with van der Waals surface area (Å²) in [6, 6.07) is 1.84. The van der Waals surface area contributed by atoms with Gasteiger partial charge in [-0.05, 0) is 65.0 Å². The molecule has 1 aliphatic carbocycles. The van der Waals surface area contributed by atoms with E-state index in [1.54, 1.807) is 10.4 Å². The number of likely N-dealkylation sites (tertiary alicyclic amines) is 1. The summed E-state index contributed by atoms with van der Waals surface area (Å²) in [4.78, 5) is 14.8. The van der Waals surface area contributed by atoms with Crippen molar-refractivity contribution in [1.29, 1.82) is 0 Å². The summed E-state index contributed by atoms with van der Waals surface area (Å²) >= 11 is 0. The van der Waals surface area contributed by atoms with Crippen LogP contribution in [0, 0.1) is 0 Å². The summed E-state index contributed by atoms with van der Waals surface area (Å²) in [6.07, 6.45) is 8.53. The van der Waals surface area contributed by atoms with Gasteiger partial charge in [-0.3, -0.25) is 4.79 Å². The van der Waals surface area contributed by atoms with Gasteiger partial charge in [0.1, 0.15) is 5.76 Å². The van der Waals surface area contributed by atoms with Crippen molar-refractivity contribution in [3.63, 3.8) is 0 Å². The third kappa shape index (κ3) is 4.03. The number of piperidine rings is 2. The van der Waals surface area contributed by atoms with Gasteiger partial charge in [-0.25, -0.2) is 8.42 Å². The summed E-state index contributed by atoms with van der Waals surface area (Å²) in [5, 5.41) is 7.00. The number of carbonyl (C=O) groups excluding carboxylic acids is 1. The van der Waals surface area contributed by atoms with Crippen LogP contribution in [-0.4, -0.2) is 72.2 Å². The molecule has 3 aliphatic heterocycles. The van der Waals surface area contributed by atoms with Gasteiger partial charge < -0.3 is 14.7 Å². The molecule has 1 aromatic rings. The Morgan fingerprint density at radius 2 is 1.90 bits per heavy atom. The van der Waals surface area contributed by atoms with E-state index in [9.17, 15) is 13.2 Å². The Hall–Kier alpha value is -1.45. The highest BCUT2D eigenvalue weighted by atomic mass is 32.2. The van der Waals surface area contributed by atoms with Crippen molar-refractivity contribution >= 4 is 15.9 Å². The highest BCUT2D eigenvalue weighted by Crippen LogP contribution is 2.41. The molecule has 2 bridgehead atoms. The van der Waals surface area contributed by atoms with Crippen molar-refractivity contribution < 1.29 is 17.7 Å². The zero-order chi connectivity index (χ0) is 20.9. The lowest BCUT2D eigenvalue weighted by Crippen LogP contribution is -2.54. The molecule has 3 saturated heterocycles. The predicted molar refractivity (Wildman–Crippen MR) is 112 cm³/mol. The van der Waals surface area contributed by atoms with Gasteiger partial charge >= 0.3 is 0 Å². The molecule has 1 aromatic heterocycles. The summed E-state index contributed by atoms with van der Waals surface area (Å²) in [7, 11) is -1.27. The Morgan fingerprint density at radius 3 is 2.57 bits per heavy atom. The highest BCUT2D eigenvalue weighted by Gasteiger charge is 2.47. The Bertz CT molecular complexity index is 883. The van der Waals surface area contributed by atoms with Gasteiger partial charge in [0, 0.05) is 36.2 Å². The monoisotopic (exact) mass is 436 g/mol. The molecule has 30 heavy (non-hydrogen) atoms. The SMILES string of the molecule is CN1CCCC[C@@H]1CS(=O)(=O)N1[C@@H]2CC[C@H]1CC(NC(=O)c1cc(C3CC3)on1)C2. The molecule has 0 radical (unpaired) electrons. The smallest absolute Gasteiger partial charge is 0.273 e. The van der Waals surface area contributed by atoms with E-state index in [0.717, 1.165) is 57.3 Å². The Kier molecular flexibility index (Phi) is 5.39. The van der Waals surface area contributed by atoms with Gasteiger partial charge in [-0.1, -0.05) is 11.6 Å². The Morgan fingerprint density at radius 1 is 1.17 bits per heavy atom. The standard InChI is InChI=1S/C21H32N4O4S/c1-24-9-3-2-4-18(24)13-30(27,28)25-16-7-8-17(25)11-15(10-16)22-21(26)19-12-20(29-23-19)14-5-6-14/h12,14-18H,2-11,13H2,1H3,(H,22,26)/t15?,16-,17+,18-/m1/s1. The lowest BCUT2D eigenvalue weighted by molar-refractivity contribution is 0.0899. The number of hydrogen-bond donors (Lipinski definition) is 1.